The number of fused-ring (bicyclic) bond motifs is 3. The molecule has 4 aliphatic rings. The molecule has 6 N–H and O–H groups in total. The molecule has 43 heavy (non-hydrogen) atoms. The maximum absolute atomic E-state index is 14.1. The molecule has 1 saturated heterocycles. The number of hydrogen-bond acceptors (Lipinski definition) is 11. The first-order valence-corrected chi connectivity index (χ1v) is 14.2. The smallest absolute Gasteiger partial charge is 0.255 e. The van der Waals surface area contributed by atoms with Gasteiger partial charge in [0.2, 0.25) is 5.78 Å². The molecule has 1 aromatic rings. The van der Waals surface area contributed by atoms with Gasteiger partial charge in [0.25, 0.3) is 5.91 Å². The number of piperidine rings is 1. The first-order valence-electron chi connectivity index (χ1n) is 14.2. The lowest BCUT2D eigenvalue weighted by molar-refractivity contribution is -0.153. The summed E-state index contributed by atoms with van der Waals surface area (Å²) in [5.41, 5.74) is 3.87. The van der Waals surface area contributed by atoms with Crippen molar-refractivity contribution in [1.29, 1.82) is 0 Å². The molecule has 5 rings (SSSR count). The van der Waals surface area contributed by atoms with Gasteiger partial charge in [0.1, 0.15) is 22.8 Å². The van der Waals surface area contributed by atoms with Crippen LogP contribution in [0.5, 0.6) is 5.75 Å². The molecule has 236 valence electrons. The van der Waals surface area contributed by atoms with Crippen molar-refractivity contribution < 1.29 is 39.5 Å². The first-order chi connectivity index (χ1) is 19.7. The number of benzene rings is 1. The monoisotopic (exact) mass is 600 g/mol. The maximum atomic E-state index is 14.1. The molecule has 3 aliphatic carbocycles. The summed E-state index contributed by atoms with van der Waals surface area (Å²) in [4.78, 5) is 45.2. The van der Waals surface area contributed by atoms with Crippen molar-refractivity contribution in [3.63, 3.8) is 0 Å². The van der Waals surface area contributed by atoms with Gasteiger partial charge in [-0.25, -0.2) is 0 Å². The van der Waals surface area contributed by atoms with E-state index < -0.39 is 58.0 Å². The third-order valence-electron chi connectivity index (χ3n) is 9.52. The molecule has 12 heteroatoms. The molecule has 1 amide bonds. The average molecular weight is 601 g/mol. The number of Topliss-reactive ketones (excluding diaryl/α,β-unsaturated/α-hetero) is 2. The second-order valence-corrected chi connectivity index (χ2v) is 12.3. The van der Waals surface area contributed by atoms with Crippen molar-refractivity contribution in [2.75, 3.05) is 53.3 Å². The van der Waals surface area contributed by atoms with Gasteiger partial charge >= 0.3 is 0 Å². The highest BCUT2D eigenvalue weighted by Crippen LogP contribution is 2.54. The number of nitrogens with zero attached hydrogens (tertiary/aromatic N) is 3. The van der Waals surface area contributed by atoms with Gasteiger partial charge in [-0.2, -0.15) is 0 Å². The quantitative estimate of drug-likeness (QED) is 0.297. The number of ether oxygens (including phenoxy) is 1. The van der Waals surface area contributed by atoms with E-state index >= 15 is 0 Å². The highest BCUT2D eigenvalue weighted by molar-refractivity contribution is 6.24. The summed E-state index contributed by atoms with van der Waals surface area (Å²) in [7, 11) is 8.57. The topological polar surface area (TPSA) is 177 Å². The number of ketones is 2. The SMILES string of the molecule is C.COC1CCN(Cc2cc(N(C)C)c3c(c2O)C(O)=C2C(=O)[C@]4(O)C(O)=C(C(N)=O)C(=O)[C@@H](N(C)C)[C@@H]4C[C@@H]2C3)CC1. The van der Waals surface area contributed by atoms with E-state index in [1.807, 2.05) is 25.1 Å². The molecule has 1 saturated carbocycles. The molecule has 0 bridgehead atoms. The Bertz CT molecular complexity index is 1410. The van der Waals surface area contributed by atoms with E-state index in [1.165, 1.54) is 4.90 Å². The van der Waals surface area contributed by atoms with Gasteiger partial charge in [-0.15, -0.1) is 0 Å². The number of anilines is 1. The number of aliphatic hydroxyl groups is 3. The molecular weight excluding hydrogens is 556 g/mol. The Labute approximate surface area is 252 Å². The van der Waals surface area contributed by atoms with Crippen molar-refractivity contribution in [3.8, 4) is 5.75 Å². The fourth-order valence-electron chi connectivity index (χ4n) is 7.41. The van der Waals surface area contributed by atoms with Crippen molar-refractivity contribution in [1.82, 2.24) is 9.80 Å². The van der Waals surface area contributed by atoms with Gasteiger partial charge in [0.15, 0.2) is 11.4 Å². The van der Waals surface area contributed by atoms with Gasteiger partial charge in [-0.1, -0.05) is 7.43 Å². The molecule has 1 aromatic carbocycles. The van der Waals surface area contributed by atoms with Gasteiger partial charge < -0.3 is 35.8 Å². The van der Waals surface area contributed by atoms with Crippen LogP contribution in [0.2, 0.25) is 0 Å². The number of nitrogens with two attached hydrogens (primary N) is 1. The van der Waals surface area contributed by atoms with Crippen LogP contribution in [-0.4, -0.2) is 114 Å². The largest absolute Gasteiger partial charge is 0.508 e. The van der Waals surface area contributed by atoms with E-state index in [1.54, 1.807) is 21.2 Å². The number of amides is 1. The highest BCUT2D eigenvalue weighted by atomic mass is 16.5. The zero-order chi connectivity index (χ0) is 30.8. The fraction of sp³-hybridized carbons (Fsp3) is 0.581. The van der Waals surface area contributed by atoms with Crippen LogP contribution in [0.15, 0.2) is 23.0 Å². The van der Waals surface area contributed by atoms with Crippen LogP contribution in [0.4, 0.5) is 5.69 Å². The summed E-state index contributed by atoms with van der Waals surface area (Å²) >= 11 is 0. The van der Waals surface area contributed by atoms with E-state index in [0.29, 0.717) is 17.7 Å². The number of carbonyl (C=O) groups excluding carboxylic acids is 3. The molecule has 1 aliphatic heterocycles. The summed E-state index contributed by atoms with van der Waals surface area (Å²) in [6, 6.07) is 0.782. The van der Waals surface area contributed by atoms with E-state index in [0.717, 1.165) is 31.6 Å². The Hall–Kier alpha value is -3.45. The molecule has 0 spiro atoms. The zero-order valence-corrected chi connectivity index (χ0v) is 24.7. The second kappa shape index (κ2) is 11.6. The van der Waals surface area contributed by atoms with Crippen molar-refractivity contribution in [2.24, 2.45) is 17.6 Å². The lowest BCUT2D eigenvalue weighted by Gasteiger charge is -2.50. The molecule has 0 radical (unpaired) electrons. The summed E-state index contributed by atoms with van der Waals surface area (Å²) in [6.45, 7) is 1.96. The minimum Gasteiger partial charge on any atom is -0.508 e. The zero-order valence-electron chi connectivity index (χ0n) is 24.7. The van der Waals surface area contributed by atoms with Crippen LogP contribution < -0.4 is 10.6 Å². The molecule has 1 heterocycles. The van der Waals surface area contributed by atoms with E-state index in [9.17, 15) is 34.8 Å². The summed E-state index contributed by atoms with van der Waals surface area (Å²) in [6.07, 6.45) is 2.20. The number of likely N-dealkylation sites (N-methyl/N-ethyl adjacent to an activating group) is 1. The van der Waals surface area contributed by atoms with Crippen LogP contribution in [0.25, 0.3) is 5.76 Å². The summed E-state index contributed by atoms with van der Waals surface area (Å²) in [5.74, 6) is -6.50. The van der Waals surface area contributed by atoms with Gasteiger partial charge in [0, 0.05) is 63.6 Å². The van der Waals surface area contributed by atoms with E-state index in [4.69, 9.17) is 10.5 Å². The Balaban J connectivity index is 0.00000423. The molecule has 12 nitrogen and oxygen atoms in total. The van der Waals surface area contributed by atoms with E-state index in [2.05, 4.69) is 4.90 Å². The Morgan fingerprint density at radius 3 is 2.30 bits per heavy atom. The van der Waals surface area contributed by atoms with Crippen molar-refractivity contribution >= 4 is 28.9 Å². The summed E-state index contributed by atoms with van der Waals surface area (Å²) < 4.78 is 5.47. The van der Waals surface area contributed by atoms with E-state index in [-0.39, 0.29) is 43.3 Å². The first kappa shape index (κ1) is 32.5. The number of phenolic OH excluding ortho intramolecular Hbond substituents is 1. The second-order valence-electron chi connectivity index (χ2n) is 12.3. The van der Waals surface area contributed by atoms with Crippen molar-refractivity contribution in [2.45, 2.75) is 57.4 Å². The molecule has 0 unspecified atom stereocenters. The van der Waals surface area contributed by atoms with Crippen LogP contribution >= 0.6 is 0 Å². The Kier molecular flexibility index (Phi) is 8.73. The number of methoxy groups -OCH3 is 1. The fourth-order valence-corrected chi connectivity index (χ4v) is 7.41. The third-order valence-corrected chi connectivity index (χ3v) is 9.52. The summed E-state index contributed by atoms with van der Waals surface area (Å²) in [5, 5.41) is 46.1. The minimum atomic E-state index is -2.66. The molecule has 4 atom stereocenters. The number of rotatable bonds is 6. The van der Waals surface area contributed by atoms with Crippen LogP contribution in [0.3, 0.4) is 0 Å². The number of aromatic hydroxyl groups is 1. The minimum absolute atomic E-state index is 0. The van der Waals surface area contributed by atoms with Gasteiger partial charge in [-0.3, -0.25) is 24.2 Å². The molecular formula is C31H44N4O8. The van der Waals surface area contributed by atoms with Crippen LogP contribution in [0, 0.1) is 11.8 Å². The highest BCUT2D eigenvalue weighted by Gasteiger charge is 2.64. The number of hydrogen-bond donors (Lipinski definition) is 5. The number of primary amides is 1. The predicted molar refractivity (Wildman–Crippen MR) is 161 cm³/mol. The lowest BCUT2D eigenvalue weighted by Crippen LogP contribution is -2.65. The van der Waals surface area contributed by atoms with Crippen LogP contribution in [-0.2, 0) is 32.1 Å². The van der Waals surface area contributed by atoms with Gasteiger partial charge in [-0.05, 0) is 57.3 Å². The predicted octanol–water partition coefficient (Wildman–Crippen LogP) is 1.28. The maximum Gasteiger partial charge on any atom is 0.255 e. The molecule has 2 fully saturated rings. The number of carbonyl (C=O) groups is 3. The number of likely N-dealkylation sites (tertiary alicyclic amines) is 1. The van der Waals surface area contributed by atoms with Crippen LogP contribution in [0.1, 0.15) is 43.4 Å². The lowest BCUT2D eigenvalue weighted by atomic mass is 9.57. The van der Waals surface area contributed by atoms with Crippen molar-refractivity contribution in [3.05, 3.63) is 39.7 Å². The third kappa shape index (κ3) is 4.90. The Morgan fingerprint density at radius 2 is 1.77 bits per heavy atom. The normalized spacial score (nSPS) is 27.9. The molecule has 0 aromatic heterocycles. The number of aliphatic hydroxyl groups excluding tert-OH is 2. The average Bonchev–Trinajstić information content (AvgIpc) is 2.92. The Morgan fingerprint density at radius 1 is 1.14 bits per heavy atom. The van der Waals surface area contributed by atoms with Gasteiger partial charge in [0.05, 0.1) is 17.7 Å². The standard InChI is InChI=1S/C30H40N4O8.CH4/c1-32(2)19-12-15(13-34-8-6-16(42-5)7-9-34)24(35)21-17(19)10-14-11-18-23(33(3)4)26(37)22(29(31)40)28(39)30(18,41)27(38)20(14)25(21)36;/h12,14,16,18,23,35-36,39,41H,6-11,13H2,1-5H3,(H2,31,40);1H4/t14-,18-,23-,30-;/m0./s1. The number of phenols is 1.